The van der Waals surface area contributed by atoms with Gasteiger partial charge in [0.25, 0.3) is 0 Å². The summed E-state index contributed by atoms with van der Waals surface area (Å²) in [6.07, 6.45) is 6.17. The number of H-pyrrole nitrogens is 1. The summed E-state index contributed by atoms with van der Waals surface area (Å²) < 4.78 is 5.51. The summed E-state index contributed by atoms with van der Waals surface area (Å²) >= 11 is 0. The van der Waals surface area contributed by atoms with Crippen LogP contribution >= 0.6 is 0 Å². The third kappa shape index (κ3) is 5.32. The number of aryl methyl sites for hydroxylation is 3. The molecule has 0 amide bonds. The largest absolute Gasteiger partial charge is 0.478 e. The first-order valence-corrected chi connectivity index (χ1v) is 10.2. The Morgan fingerprint density at radius 1 is 1.04 bits per heavy atom. The topological polar surface area (TPSA) is 71.0 Å². The van der Waals surface area contributed by atoms with E-state index in [2.05, 4.69) is 49.8 Å². The van der Waals surface area contributed by atoms with Crippen LogP contribution in [0.2, 0.25) is 0 Å². The van der Waals surface area contributed by atoms with Crippen LogP contribution in [-0.4, -0.2) is 33.3 Å². The monoisotopic (exact) mass is 383 g/mol. The Morgan fingerprint density at radius 3 is 2.43 bits per heavy atom. The van der Waals surface area contributed by atoms with E-state index < -0.39 is 0 Å². The highest BCUT2D eigenvalue weighted by atomic mass is 16.5. The van der Waals surface area contributed by atoms with Crippen molar-refractivity contribution >= 4 is 11.0 Å². The van der Waals surface area contributed by atoms with Crippen LogP contribution in [0.4, 0.5) is 0 Å². The molecule has 0 bridgehead atoms. The molecule has 0 fully saturated rings. The van der Waals surface area contributed by atoms with E-state index in [1.807, 2.05) is 19.2 Å². The first kappa shape index (κ1) is 21.9. The van der Waals surface area contributed by atoms with Crippen LogP contribution in [0, 0.1) is 13.8 Å². The molecule has 5 nitrogen and oxygen atoms in total. The molecule has 0 aliphatic heterocycles. The summed E-state index contributed by atoms with van der Waals surface area (Å²) in [6.45, 7) is 11.3. The number of aromatic nitrogens is 3. The van der Waals surface area contributed by atoms with Crippen molar-refractivity contribution in [2.24, 2.45) is 0 Å². The normalized spacial score (nSPS) is 10.6. The van der Waals surface area contributed by atoms with E-state index in [1.165, 1.54) is 6.42 Å². The molecule has 0 unspecified atom stereocenters. The van der Waals surface area contributed by atoms with Crippen molar-refractivity contribution in [3.05, 3.63) is 41.2 Å². The summed E-state index contributed by atoms with van der Waals surface area (Å²) in [4.78, 5) is 12.8. The molecule has 2 N–H and O–H groups in total. The molecule has 3 aromatic heterocycles. The molecule has 3 heterocycles. The number of ether oxygens (including phenoxy) is 1. The third-order valence-corrected chi connectivity index (χ3v) is 4.62. The fourth-order valence-corrected chi connectivity index (χ4v) is 3.11. The minimum Gasteiger partial charge on any atom is -0.478 e. The lowest BCUT2D eigenvalue weighted by Gasteiger charge is -2.12. The smallest absolute Gasteiger partial charge is 0.213 e. The molecule has 3 rings (SSSR count). The zero-order valence-corrected chi connectivity index (χ0v) is 17.8. The van der Waals surface area contributed by atoms with E-state index >= 15 is 0 Å². The van der Waals surface area contributed by atoms with Crippen LogP contribution in [-0.2, 0) is 6.42 Å². The van der Waals surface area contributed by atoms with E-state index in [1.54, 1.807) is 0 Å². The zero-order valence-electron chi connectivity index (χ0n) is 17.8. The van der Waals surface area contributed by atoms with Crippen molar-refractivity contribution < 1.29 is 9.84 Å². The number of fused-ring (bicyclic) bond motifs is 1. The Hall–Kier alpha value is -2.40. The molecule has 0 aromatic carbocycles. The van der Waals surface area contributed by atoms with Gasteiger partial charge >= 0.3 is 0 Å². The van der Waals surface area contributed by atoms with Gasteiger partial charge in [0.15, 0.2) is 0 Å². The zero-order chi connectivity index (χ0) is 20.5. The lowest BCUT2D eigenvalue weighted by molar-refractivity contribution is 0.284. The van der Waals surface area contributed by atoms with Crippen molar-refractivity contribution in [1.29, 1.82) is 0 Å². The van der Waals surface area contributed by atoms with Gasteiger partial charge in [-0.05, 0) is 56.9 Å². The van der Waals surface area contributed by atoms with Crippen LogP contribution < -0.4 is 4.74 Å². The van der Waals surface area contributed by atoms with E-state index in [-0.39, 0.29) is 0 Å². The Labute approximate surface area is 168 Å². The molecule has 0 spiro atoms. The average Bonchev–Trinajstić information content (AvgIpc) is 3.06. The molecule has 5 heteroatoms. The van der Waals surface area contributed by atoms with Gasteiger partial charge in [0.05, 0.1) is 29.0 Å². The first-order valence-electron chi connectivity index (χ1n) is 10.2. The van der Waals surface area contributed by atoms with Crippen LogP contribution in [0.25, 0.3) is 22.3 Å². The molecule has 0 saturated heterocycles. The molecular formula is C23H33N3O2. The summed E-state index contributed by atoms with van der Waals surface area (Å²) in [7, 11) is 0. The Bertz CT molecular complexity index is 883. The lowest BCUT2D eigenvalue weighted by Crippen LogP contribution is -2.00. The number of rotatable bonds is 7. The van der Waals surface area contributed by atoms with Gasteiger partial charge in [-0.25, -0.2) is 9.97 Å². The highest BCUT2D eigenvalue weighted by molar-refractivity contribution is 5.83. The lowest BCUT2D eigenvalue weighted by atomic mass is 10.0. The number of hydrogen-bond acceptors (Lipinski definition) is 4. The molecule has 0 saturated carbocycles. The number of pyridine rings is 2. The van der Waals surface area contributed by atoms with Gasteiger partial charge < -0.3 is 14.8 Å². The standard InChI is InChI=1S/C18H21N3O.C5H12O/c1-5-14-13(7-8-16(20-14)22-6-2)17-11(3)9-15-18(21-17)12(4)10-19-15;1-2-3-4-5-6/h7-10,19H,5-6H2,1-4H3;6H,2-5H2,1H3. The Morgan fingerprint density at radius 2 is 1.82 bits per heavy atom. The van der Waals surface area contributed by atoms with Gasteiger partial charge in [-0.2, -0.15) is 0 Å². The first-order chi connectivity index (χ1) is 13.5. The summed E-state index contributed by atoms with van der Waals surface area (Å²) in [5.41, 5.74) is 7.53. The van der Waals surface area contributed by atoms with Crippen LogP contribution in [0.5, 0.6) is 5.88 Å². The Kier molecular flexibility index (Phi) is 8.45. The van der Waals surface area contributed by atoms with Crippen molar-refractivity contribution in [3.63, 3.8) is 0 Å². The molecule has 28 heavy (non-hydrogen) atoms. The second-order valence-electron chi connectivity index (χ2n) is 6.88. The second-order valence-corrected chi connectivity index (χ2v) is 6.88. The minimum atomic E-state index is 0.355. The van der Waals surface area contributed by atoms with Gasteiger partial charge in [-0.3, -0.25) is 0 Å². The Balaban J connectivity index is 0.000000409. The van der Waals surface area contributed by atoms with Crippen molar-refractivity contribution in [2.45, 2.75) is 60.3 Å². The number of unbranched alkanes of at least 4 members (excludes halogenated alkanes) is 2. The van der Waals surface area contributed by atoms with Crippen molar-refractivity contribution in [2.75, 3.05) is 13.2 Å². The van der Waals surface area contributed by atoms with Crippen LogP contribution in [0.15, 0.2) is 24.4 Å². The maximum Gasteiger partial charge on any atom is 0.213 e. The minimum absolute atomic E-state index is 0.355. The van der Waals surface area contributed by atoms with Crippen LogP contribution in [0.1, 0.15) is 56.9 Å². The number of aromatic amines is 1. The molecule has 152 valence electrons. The van der Waals surface area contributed by atoms with Crippen molar-refractivity contribution in [3.8, 4) is 17.1 Å². The number of aliphatic hydroxyl groups excluding tert-OH is 1. The predicted molar refractivity (Wildman–Crippen MR) is 116 cm³/mol. The van der Waals surface area contributed by atoms with Gasteiger partial charge in [0.2, 0.25) is 5.88 Å². The third-order valence-electron chi connectivity index (χ3n) is 4.62. The van der Waals surface area contributed by atoms with Gasteiger partial charge in [0, 0.05) is 24.4 Å². The number of hydrogen-bond donors (Lipinski definition) is 2. The van der Waals surface area contributed by atoms with Crippen molar-refractivity contribution in [1.82, 2.24) is 15.0 Å². The van der Waals surface area contributed by atoms with E-state index in [0.29, 0.717) is 19.1 Å². The highest BCUT2D eigenvalue weighted by Crippen LogP contribution is 2.29. The second kappa shape index (κ2) is 10.8. The number of nitrogens with zero attached hydrogens (tertiary/aromatic N) is 2. The van der Waals surface area contributed by atoms with Crippen LogP contribution in [0.3, 0.4) is 0 Å². The molecule has 0 aliphatic carbocycles. The van der Waals surface area contributed by atoms with E-state index in [9.17, 15) is 0 Å². The summed E-state index contributed by atoms with van der Waals surface area (Å²) in [5.74, 6) is 0.680. The maximum absolute atomic E-state index is 8.20. The predicted octanol–water partition coefficient (Wildman–Crippen LogP) is 5.37. The number of nitrogens with one attached hydrogen (secondary N) is 1. The maximum atomic E-state index is 8.20. The molecule has 3 aromatic rings. The molecule has 0 aliphatic rings. The van der Waals surface area contributed by atoms with E-state index in [4.69, 9.17) is 14.8 Å². The molecular weight excluding hydrogens is 350 g/mol. The average molecular weight is 384 g/mol. The number of aliphatic hydroxyl groups is 1. The quantitative estimate of drug-likeness (QED) is 0.538. The summed E-state index contributed by atoms with van der Waals surface area (Å²) in [6, 6.07) is 6.15. The molecule has 0 radical (unpaired) electrons. The fourth-order valence-electron chi connectivity index (χ4n) is 3.11. The fraction of sp³-hybridized carbons (Fsp3) is 0.478. The van der Waals surface area contributed by atoms with Gasteiger partial charge in [-0.15, -0.1) is 0 Å². The highest BCUT2D eigenvalue weighted by Gasteiger charge is 2.13. The SMILES string of the molecule is CCCCCO.CCOc1ccc(-c2nc3c(C)c[nH]c3cc2C)c(CC)n1. The van der Waals surface area contributed by atoms with Gasteiger partial charge in [-0.1, -0.05) is 26.7 Å². The summed E-state index contributed by atoms with van der Waals surface area (Å²) in [5, 5.41) is 8.20. The van der Waals surface area contributed by atoms with E-state index in [0.717, 1.165) is 58.4 Å². The van der Waals surface area contributed by atoms with Gasteiger partial charge in [0.1, 0.15) is 0 Å². The molecule has 0 atom stereocenters.